The summed E-state index contributed by atoms with van der Waals surface area (Å²) in [6.07, 6.45) is -0.723. The van der Waals surface area contributed by atoms with E-state index >= 15 is 0 Å². The third kappa shape index (κ3) is 2.90. The number of carbonyl (C=O) groups excluding carboxylic acids is 1. The van der Waals surface area contributed by atoms with Crippen LogP contribution in [-0.4, -0.2) is 21.0 Å². The Morgan fingerprint density at radius 3 is 2.83 bits per heavy atom. The summed E-state index contributed by atoms with van der Waals surface area (Å²) in [5.74, 6) is -0.323. The molecule has 0 spiro atoms. The SMILES string of the molecule is Cc1sc2nc([C@H](C)OC(=O)c3cccc(O)c3)[nH]c(=O)c2c1C. The molecule has 0 unspecified atom stereocenters. The number of aryl methyl sites for hydroxylation is 2. The van der Waals surface area contributed by atoms with Crippen molar-refractivity contribution in [3.8, 4) is 5.75 Å². The van der Waals surface area contributed by atoms with Crippen molar-refractivity contribution >= 4 is 27.5 Å². The maximum Gasteiger partial charge on any atom is 0.338 e. The fourth-order valence-electron chi connectivity index (χ4n) is 2.38. The number of hydrogen-bond donors (Lipinski definition) is 2. The van der Waals surface area contributed by atoms with E-state index in [1.165, 1.54) is 23.5 Å². The molecule has 2 N–H and O–H groups in total. The third-order valence-corrected chi connectivity index (χ3v) is 4.91. The van der Waals surface area contributed by atoms with Gasteiger partial charge in [0, 0.05) is 4.88 Å². The molecule has 1 aromatic carbocycles. The number of aromatic amines is 1. The van der Waals surface area contributed by atoms with Gasteiger partial charge in [0.25, 0.3) is 5.56 Å². The van der Waals surface area contributed by atoms with Gasteiger partial charge < -0.3 is 14.8 Å². The standard InChI is InChI=1S/C17H16N2O4S/c1-8-10(3)24-16-13(8)15(21)18-14(19-16)9(2)23-17(22)11-5-4-6-12(20)7-11/h4-7,9,20H,1-3H3,(H,18,19,21)/t9-/m0/s1. The van der Waals surface area contributed by atoms with Gasteiger partial charge in [0.15, 0.2) is 11.9 Å². The van der Waals surface area contributed by atoms with Crippen molar-refractivity contribution in [2.75, 3.05) is 0 Å². The van der Waals surface area contributed by atoms with Crippen LogP contribution in [0.4, 0.5) is 0 Å². The summed E-state index contributed by atoms with van der Waals surface area (Å²) in [5, 5.41) is 10.0. The normalized spacial score (nSPS) is 12.3. The van der Waals surface area contributed by atoms with Gasteiger partial charge >= 0.3 is 5.97 Å². The second kappa shape index (κ2) is 6.09. The molecule has 0 radical (unpaired) electrons. The number of hydrogen-bond acceptors (Lipinski definition) is 6. The Labute approximate surface area is 141 Å². The van der Waals surface area contributed by atoms with Crippen LogP contribution in [0, 0.1) is 13.8 Å². The largest absolute Gasteiger partial charge is 0.508 e. The number of fused-ring (bicyclic) bond motifs is 1. The van der Waals surface area contributed by atoms with E-state index in [9.17, 15) is 14.7 Å². The molecule has 0 aliphatic heterocycles. The van der Waals surface area contributed by atoms with E-state index in [2.05, 4.69) is 9.97 Å². The summed E-state index contributed by atoms with van der Waals surface area (Å²) < 4.78 is 5.34. The molecule has 124 valence electrons. The van der Waals surface area contributed by atoms with Gasteiger partial charge in [-0.2, -0.15) is 0 Å². The lowest BCUT2D eigenvalue weighted by molar-refractivity contribution is 0.0319. The first-order valence-electron chi connectivity index (χ1n) is 7.36. The molecule has 0 aliphatic rings. The number of esters is 1. The Balaban J connectivity index is 1.90. The van der Waals surface area contributed by atoms with Crippen molar-refractivity contribution in [1.82, 2.24) is 9.97 Å². The smallest absolute Gasteiger partial charge is 0.338 e. The first-order valence-corrected chi connectivity index (χ1v) is 8.18. The van der Waals surface area contributed by atoms with Crippen LogP contribution < -0.4 is 5.56 Å². The monoisotopic (exact) mass is 344 g/mol. The predicted molar refractivity (Wildman–Crippen MR) is 91.7 cm³/mol. The highest BCUT2D eigenvalue weighted by Gasteiger charge is 2.19. The maximum atomic E-state index is 12.3. The lowest BCUT2D eigenvalue weighted by Gasteiger charge is -2.12. The molecule has 2 aromatic heterocycles. The van der Waals surface area contributed by atoms with Gasteiger partial charge in [-0.25, -0.2) is 9.78 Å². The zero-order valence-electron chi connectivity index (χ0n) is 13.4. The van der Waals surface area contributed by atoms with Crippen LogP contribution in [0.25, 0.3) is 10.2 Å². The van der Waals surface area contributed by atoms with Gasteiger partial charge in [0.2, 0.25) is 0 Å². The van der Waals surface area contributed by atoms with E-state index in [0.717, 1.165) is 10.4 Å². The molecule has 7 heteroatoms. The molecule has 6 nitrogen and oxygen atoms in total. The Morgan fingerprint density at radius 2 is 2.12 bits per heavy atom. The molecule has 24 heavy (non-hydrogen) atoms. The van der Waals surface area contributed by atoms with Crippen molar-refractivity contribution in [3.05, 3.63) is 56.4 Å². The molecule has 3 aromatic rings. The van der Waals surface area contributed by atoms with Crippen molar-refractivity contribution < 1.29 is 14.6 Å². The molecule has 1 atom stereocenters. The van der Waals surface area contributed by atoms with E-state index in [0.29, 0.717) is 16.0 Å². The van der Waals surface area contributed by atoms with Crippen molar-refractivity contribution in [2.24, 2.45) is 0 Å². The number of phenols is 1. The number of thiophene rings is 1. The Bertz CT molecular complexity index is 990. The highest BCUT2D eigenvalue weighted by Crippen LogP contribution is 2.27. The molecule has 0 amide bonds. The second-order valence-corrected chi connectivity index (χ2v) is 6.72. The van der Waals surface area contributed by atoms with Crippen LogP contribution in [0.1, 0.15) is 39.7 Å². The number of aromatic nitrogens is 2. The molecular formula is C17H16N2O4S. The minimum atomic E-state index is -0.723. The molecule has 3 rings (SSSR count). The number of nitrogens with zero attached hydrogens (tertiary/aromatic N) is 1. The Hall–Kier alpha value is -2.67. The third-order valence-electron chi connectivity index (χ3n) is 3.81. The van der Waals surface area contributed by atoms with E-state index in [-0.39, 0.29) is 16.9 Å². The van der Waals surface area contributed by atoms with E-state index in [1.807, 2.05) is 13.8 Å². The summed E-state index contributed by atoms with van der Waals surface area (Å²) >= 11 is 1.44. The number of rotatable bonds is 3. The number of benzene rings is 1. The fourth-order valence-corrected chi connectivity index (χ4v) is 3.42. The zero-order chi connectivity index (χ0) is 17.4. The number of phenolic OH excluding ortho intramolecular Hbond substituents is 1. The zero-order valence-corrected chi connectivity index (χ0v) is 14.2. The van der Waals surface area contributed by atoms with E-state index < -0.39 is 12.1 Å². The number of H-pyrrole nitrogens is 1. The van der Waals surface area contributed by atoms with Crippen LogP contribution >= 0.6 is 11.3 Å². The summed E-state index contributed by atoms with van der Waals surface area (Å²) in [4.78, 5) is 33.2. The van der Waals surface area contributed by atoms with Gasteiger partial charge in [0.05, 0.1) is 10.9 Å². The van der Waals surface area contributed by atoms with E-state index in [4.69, 9.17) is 4.74 Å². The number of nitrogens with one attached hydrogen (secondary N) is 1. The molecular weight excluding hydrogens is 328 g/mol. The predicted octanol–water partition coefficient (Wildman–Crippen LogP) is 3.23. The quantitative estimate of drug-likeness (QED) is 0.712. The Morgan fingerprint density at radius 1 is 1.38 bits per heavy atom. The number of carbonyl (C=O) groups is 1. The average molecular weight is 344 g/mol. The minimum Gasteiger partial charge on any atom is -0.508 e. The lowest BCUT2D eigenvalue weighted by atomic mass is 10.2. The molecule has 2 heterocycles. The summed E-state index contributed by atoms with van der Waals surface area (Å²) in [6, 6.07) is 5.88. The van der Waals surface area contributed by atoms with Gasteiger partial charge in [0.1, 0.15) is 10.6 Å². The van der Waals surface area contributed by atoms with Crippen LogP contribution in [-0.2, 0) is 4.74 Å². The van der Waals surface area contributed by atoms with E-state index in [1.54, 1.807) is 19.1 Å². The molecule has 0 aliphatic carbocycles. The minimum absolute atomic E-state index is 0.0189. The van der Waals surface area contributed by atoms with Crippen LogP contribution in [0.2, 0.25) is 0 Å². The maximum absolute atomic E-state index is 12.3. The van der Waals surface area contributed by atoms with Crippen molar-refractivity contribution in [2.45, 2.75) is 26.9 Å². The molecule has 0 saturated heterocycles. The Kier molecular flexibility index (Phi) is 4.11. The van der Waals surface area contributed by atoms with Gasteiger partial charge in [-0.1, -0.05) is 6.07 Å². The van der Waals surface area contributed by atoms with Crippen LogP contribution in [0.3, 0.4) is 0 Å². The lowest BCUT2D eigenvalue weighted by Crippen LogP contribution is -2.17. The highest BCUT2D eigenvalue weighted by atomic mass is 32.1. The topological polar surface area (TPSA) is 92.3 Å². The van der Waals surface area contributed by atoms with Crippen LogP contribution in [0.5, 0.6) is 5.75 Å². The fraction of sp³-hybridized carbons (Fsp3) is 0.235. The molecule has 0 bridgehead atoms. The molecule has 0 saturated carbocycles. The number of aromatic hydroxyl groups is 1. The van der Waals surface area contributed by atoms with Gasteiger partial charge in [-0.15, -0.1) is 11.3 Å². The summed E-state index contributed by atoms with van der Waals surface area (Å²) in [5.41, 5.74) is 0.907. The highest BCUT2D eigenvalue weighted by molar-refractivity contribution is 7.18. The summed E-state index contributed by atoms with van der Waals surface area (Å²) in [6.45, 7) is 5.46. The second-order valence-electron chi connectivity index (χ2n) is 5.51. The van der Waals surface area contributed by atoms with Crippen LogP contribution in [0.15, 0.2) is 29.1 Å². The average Bonchev–Trinajstić information content (AvgIpc) is 2.82. The molecule has 0 fully saturated rings. The number of ether oxygens (including phenoxy) is 1. The van der Waals surface area contributed by atoms with Gasteiger partial charge in [-0.05, 0) is 44.5 Å². The van der Waals surface area contributed by atoms with Crippen molar-refractivity contribution in [1.29, 1.82) is 0 Å². The van der Waals surface area contributed by atoms with Gasteiger partial charge in [-0.3, -0.25) is 4.79 Å². The first-order chi connectivity index (χ1) is 11.4. The first kappa shape index (κ1) is 16.2. The van der Waals surface area contributed by atoms with Crippen molar-refractivity contribution in [3.63, 3.8) is 0 Å². The summed E-state index contributed by atoms with van der Waals surface area (Å²) in [7, 11) is 0.